The summed E-state index contributed by atoms with van der Waals surface area (Å²) < 4.78 is 4.81. The Morgan fingerprint density at radius 3 is 1.86 bits per heavy atom. The van der Waals surface area contributed by atoms with Gasteiger partial charge in [-0.2, -0.15) is 0 Å². The van der Waals surface area contributed by atoms with Crippen LogP contribution in [0.2, 0.25) is 0 Å². The Morgan fingerprint density at radius 1 is 0.944 bits per heavy atom. The van der Waals surface area contributed by atoms with E-state index in [-0.39, 0.29) is 19.3 Å². The monoisotopic (exact) mass is 530 g/mol. The van der Waals surface area contributed by atoms with Crippen LogP contribution in [0.4, 0.5) is 0 Å². The molecule has 36 heavy (non-hydrogen) atoms. The van der Waals surface area contributed by atoms with Gasteiger partial charge in [0.05, 0.1) is 19.8 Å². The number of nitrogens with one attached hydrogen (secondary N) is 1. The summed E-state index contributed by atoms with van der Waals surface area (Å²) in [7, 11) is 0. The normalized spacial score (nSPS) is 26.5. The van der Waals surface area contributed by atoms with Crippen LogP contribution < -0.4 is 22.5 Å². The summed E-state index contributed by atoms with van der Waals surface area (Å²) in [4.78, 5) is 29.9. The number of hydrogen-bond donors (Lipinski definition) is 12. The first kappa shape index (κ1) is 36.2. The standard InChI is InChI=1S/C6H14N2O2.C6H12O5.C5H9NO2.C3H7NO3/c7-4-2-1-3-5(8)6(9)10;7-1-4-6(10)5(9)3(8)2-11-4;7-5(8)4-2-1-3-6-4;4-2(1-5)3(6)7/h5H,1-4,7-8H2,(H,9,10);3-10H,1-2H2;4,6H,1-3H2,(H,7,8);2,5H,1,4H2,(H,6,7)/t5-;3-,4+,5+,6+;4-;2-/m0000/s1. The van der Waals surface area contributed by atoms with Gasteiger partial charge in [0, 0.05) is 0 Å². The van der Waals surface area contributed by atoms with E-state index in [4.69, 9.17) is 62.8 Å². The first-order valence-corrected chi connectivity index (χ1v) is 11.3. The zero-order chi connectivity index (χ0) is 28.3. The van der Waals surface area contributed by atoms with Crippen LogP contribution in [0.15, 0.2) is 0 Å². The molecule has 0 aromatic rings. The molecule has 0 unspecified atom stereocenters. The summed E-state index contributed by atoms with van der Waals surface area (Å²) in [6.45, 7) is 0.549. The molecule has 16 heteroatoms. The van der Waals surface area contributed by atoms with E-state index in [1.165, 1.54) is 0 Å². The van der Waals surface area contributed by atoms with E-state index < -0.39 is 61.0 Å². The molecule has 2 aliphatic rings. The van der Waals surface area contributed by atoms with Gasteiger partial charge in [-0.15, -0.1) is 0 Å². The number of unbranched alkanes of at least 4 members (excludes halogenated alkanes) is 1. The Labute approximate surface area is 208 Å². The SMILES string of the molecule is NCCCC[C@H](N)C(=O)O.N[C@@H](CO)C(=O)O.O=C(O)[C@@H]1CCCN1.OC[C@H]1OC[C@H](O)[C@@H](O)[C@@H]1O. The number of aliphatic carboxylic acids is 3. The van der Waals surface area contributed by atoms with Crippen molar-refractivity contribution in [1.82, 2.24) is 5.32 Å². The van der Waals surface area contributed by atoms with Gasteiger partial charge in [0.15, 0.2) is 0 Å². The highest BCUT2D eigenvalue weighted by molar-refractivity contribution is 5.74. The van der Waals surface area contributed by atoms with Crippen LogP contribution in [0, 0.1) is 0 Å². The maximum Gasteiger partial charge on any atom is 0.322 e. The minimum absolute atomic E-state index is 0.0521. The summed E-state index contributed by atoms with van der Waals surface area (Å²) in [6, 6.07) is -2.11. The lowest BCUT2D eigenvalue weighted by atomic mass is 10.0. The average Bonchev–Trinajstić information content (AvgIpc) is 3.39. The molecule has 2 fully saturated rings. The molecule has 0 spiro atoms. The maximum absolute atomic E-state index is 10.1. The summed E-state index contributed by atoms with van der Waals surface area (Å²) in [5.41, 5.74) is 15.2. The minimum atomic E-state index is -1.22. The molecule has 2 rings (SSSR count). The van der Waals surface area contributed by atoms with Gasteiger partial charge in [0.25, 0.3) is 0 Å². The van der Waals surface area contributed by atoms with Crippen LogP contribution in [-0.4, -0.2) is 134 Å². The third-order valence-corrected chi connectivity index (χ3v) is 4.94. The largest absolute Gasteiger partial charge is 0.480 e. The second-order valence-electron chi connectivity index (χ2n) is 7.95. The second-order valence-corrected chi connectivity index (χ2v) is 7.95. The molecule has 7 atom stereocenters. The van der Waals surface area contributed by atoms with Crippen molar-refractivity contribution in [3.63, 3.8) is 0 Å². The van der Waals surface area contributed by atoms with Crippen molar-refractivity contribution < 1.29 is 60.0 Å². The van der Waals surface area contributed by atoms with E-state index in [0.29, 0.717) is 13.0 Å². The fourth-order valence-electron chi connectivity index (χ4n) is 2.63. The van der Waals surface area contributed by atoms with Crippen molar-refractivity contribution in [2.45, 2.75) is 74.6 Å². The highest BCUT2D eigenvalue weighted by Crippen LogP contribution is 2.14. The molecule has 15 N–H and O–H groups in total. The molecule has 0 aliphatic carbocycles. The van der Waals surface area contributed by atoms with Gasteiger partial charge in [-0.1, -0.05) is 6.42 Å². The summed E-state index contributed by atoms with van der Waals surface area (Å²) >= 11 is 0. The first-order valence-electron chi connectivity index (χ1n) is 11.3. The van der Waals surface area contributed by atoms with Crippen LogP contribution in [-0.2, 0) is 19.1 Å². The van der Waals surface area contributed by atoms with Crippen molar-refractivity contribution in [2.24, 2.45) is 17.2 Å². The number of aliphatic hydroxyl groups is 5. The third-order valence-electron chi connectivity index (χ3n) is 4.94. The number of rotatable bonds is 9. The molecular formula is C20H42N4O12. The van der Waals surface area contributed by atoms with E-state index in [1.807, 2.05) is 0 Å². The lowest BCUT2D eigenvalue weighted by Crippen LogP contribution is -2.53. The molecule has 0 aromatic carbocycles. The quantitative estimate of drug-likeness (QED) is 0.124. The van der Waals surface area contributed by atoms with Crippen LogP contribution in [0.1, 0.15) is 32.1 Å². The number of nitrogens with two attached hydrogens (primary N) is 3. The fourth-order valence-corrected chi connectivity index (χ4v) is 2.63. The van der Waals surface area contributed by atoms with Crippen LogP contribution in [0.3, 0.4) is 0 Å². The summed E-state index contributed by atoms with van der Waals surface area (Å²) in [5, 5.41) is 71.1. The number of carboxylic acid groups (broad SMARTS) is 3. The van der Waals surface area contributed by atoms with Crippen LogP contribution in [0.25, 0.3) is 0 Å². The molecule has 0 radical (unpaired) electrons. The van der Waals surface area contributed by atoms with Crippen molar-refractivity contribution in [2.75, 3.05) is 32.9 Å². The molecule has 214 valence electrons. The number of ether oxygens (including phenoxy) is 1. The van der Waals surface area contributed by atoms with Crippen LogP contribution in [0.5, 0.6) is 0 Å². The topological polar surface area (TPSA) is 312 Å². The number of carbonyl (C=O) groups is 3. The highest BCUT2D eigenvalue weighted by Gasteiger charge is 2.36. The van der Waals surface area contributed by atoms with Crippen molar-refractivity contribution in [3.8, 4) is 0 Å². The van der Waals surface area contributed by atoms with Gasteiger partial charge in [0.1, 0.15) is 42.5 Å². The number of aliphatic hydroxyl groups excluding tert-OH is 5. The Morgan fingerprint density at radius 2 is 1.53 bits per heavy atom. The maximum atomic E-state index is 10.1. The molecule has 0 bridgehead atoms. The van der Waals surface area contributed by atoms with Gasteiger partial charge >= 0.3 is 17.9 Å². The summed E-state index contributed by atoms with van der Waals surface area (Å²) in [6.07, 6.45) is -0.324. The molecular weight excluding hydrogens is 488 g/mol. The molecule has 0 saturated carbocycles. The molecule has 0 amide bonds. The van der Waals surface area contributed by atoms with E-state index in [2.05, 4.69) is 5.32 Å². The predicted octanol–water partition coefficient (Wildman–Crippen LogP) is -4.80. The zero-order valence-corrected chi connectivity index (χ0v) is 20.1. The van der Waals surface area contributed by atoms with E-state index in [0.717, 1.165) is 32.2 Å². The lowest BCUT2D eigenvalue weighted by molar-refractivity contribution is -0.195. The van der Waals surface area contributed by atoms with Gasteiger partial charge in [-0.05, 0) is 38.8 Å². The average molecular weight is 531 g/mol. The molecule has 2 saturated heterocycles. The first-order chi connectivity index (χ1) is 16.8. The van der Waals surface area contributed by atoms with Crippen molar-refractivity contribution in [1.29, 1.82) is 0 Å². The Bertz CT molecular complexity index is 607. The number of hydrogen-bond acceptors (Lipinski definition) is 13. The fraction of sp³-hybridized carbons (Fsp3) is 0.850. The highest BCUT2D eigenvalue weighted by atomic mass is 16.5. The predicted molar refractivity (Wildman–Crippen MR) is 125 cm³/mol. The molecule has 2 heterocycles. The number of carboxylic acids is 3. The minimum Gasteiger partial charge on any atom is -0.480 e. The Hall–Kier alpha value is -1.99. The van der Waals surface area contributed by atoms with Crippen LogP contribution >= 0.6 is 0 Å². The van der Waals surface area contributed by atoms with E-state index >= 15 is 0 Å². The van der Waals surface area contributed by atoms with E-state index in [9.17, 15) is 14.4 Å². The zero-order valence-electron chi connectivity index (χ0n) is 20.1. The van der Waals surface area contributed by atoms with Crippen molar-refractivity contribution >= 4 is 17.9 Å². The molecule has 2 aliphatic heterocycles. The van der Waals surface area contributed by atoms with Crippen molar-refractivity contribution in [3.05, 3.63) is 0 Å². The van der Waals surface area contributed by atoms with Gasteiger partial charge in [0.2, 0.25) is 0 Å². The summed E-state index contributed by atoms with van der Waals surface area (Å²) in [5.74, 6) is -2.83. The molecule has 16 nitrogen and oxygen atoms in total. The molecule has 0 aromatic heterocycles. The third kappa shape index (κ3) is 16.6. The van der Waals surface area contributed by atoms with Gasteiger partial charge < -0.3 is 68.1 Å². The van der Waals surface area contributed by atoms with E-state index in [1.54, 1.807) is 0 Å². The Balaban J connectivity index is 0. The van der Waals surface area contributed by atoms with Gasteiger partial charge in [-0.25, -0.2) is 0 Å². The van der Waals surface area contributed by atoms with Gasteiger partial charge in [-0.3, -0.25) is 14.4 Å². The second kappa shape index (κ2) is 21.1. The Kier molecular flexibility index (Phi) is 21.2. The lowest BCUT2D eigenvalue weighted by Gasteiger charge is -2.34. The smallest absolute Gasteiger partial charge is 0.322 e.